The number of piperazine rings is 1. The molecule has 2 fully saturated rings. The van der Waals surface area contributed by atoms with E-state index in [0.717, 1.165) is 41.2 Å². The van der Waals surface area contributed by atoms with Crippen LogP contribution < -0.4 is 4.90 Å². The van der Waals surface area contributed by atoms with Crippen molar-refractivity contribution in [2.24, 2.45) is 0 Å². The minimum Gasteiger partial charge on any atom is -0.338 e. The third kappa shape index (κ3) is 2.69. The van der Waals surface area contributed by atoms with Gasteiger partial charge in [-0.1, -0.05) is 18.2 Å². The van der Waals surface area contributed by atoms with E-state index < -0.39 is 0 Å². The first-order valence-electron chi connectivity index (χ1n) is 9.09. The largest absolute Gasteiger partial charge is 0.338 e. The van der Waals surface area contributed by atoms with Crippen LogP contribution in [0.1, 0.15) is 34.8 Å². The van der Waals surface area contributed by atoms with Gasteiger partial charge in [-0.3, -0.25) is 9.78 Å². The topological polar surface area (TPSA) is 78.0 Å². The molecule has 1 aliphatic carbocycles. The van der Waals surface area contributed by atoms with Gasteiger partial charge in [-0.25, -0.2) is 5.10 Å². The molecule has 7 nitrogen and oxygen atoms in total. The van der Waals surface area contributed by atoms with Gasteiger partial charge < -0.3 is 9.80 Å². The molecular formula is C19H20N6O. The van der Waals surface area contributed by atoms with Crippen molar-refractivity contribution in [3.63, 3.8) is 0 Å². The summed E-state index contributed by atoms with van der Waals surface area (Å²) in [5.41, 5.74) is 2.76. The Morgan fingerprint density at radius 3 is 2.65 bits per heavy atom. The maximum Gasteiger partial charge on any atom is 0.254 e. The number of nitrogens with one attached hydrogen (secondary N) is 1. The second-order valence-electron chi connectivity index (χ2n) is 6.97. The highest BCUT2D eigenvalue weighted by Crippen LogP contribution is 2.40. The summed E-state index contributed by atoms with van der Waals surface area (Å²) in [6, 6.07) is 9.97. The van der Waals surface area contributed by atoms with E-state index in [4.69, 9.17) is 4.98 Å². The highest BCUT2D eigenvalue weighted by atomic mass is 16.2. The van der Waals surface area contributed by atoms with Crippen molar-refractivity contribution in [3.8, 4) is 0 Å². The number of aromatic nitrogens is 4. The van der Waals surface area contributed by atoms with Crippen LogP contribution in [0.5, 0.6) is 0 Å². The first kappa shape index (κ1) is 15.3. The fraction of sp³-hybridized carbons (Fsp3) is 0.368. The average Bonchev–Trinajstić information content (AvgIpc) is 3.41. The number of carbonyl (C=O) groups is 1. The van der Waals surface area contributed by atoms with E-state index in [-0.39, 0.29) is 5.91 Å². The van der Waals surface area contributed by atoms with Gasteiger partial charge in [0.1, 0.15) is 6.33 Å². The number of amides is 1. The molecule has 1 aliphatic heterocycles. The molecule has 26 heavy (non-hydrogen) atoms. The molecular weight excluding hydrogens is 328 g/mol. The number of para-hydroxylation sites is 1. The Kier molecular flexibility index (Phi) is 3.58. The number of fused-ring (bicyclic) bond motifs is 1. The van der Waals surface area contributed by atoms with Crippen LogP contribution in [0.25, 0.3) is 10.9 Å². The van der Waals surface area contributed by atoms with Crippen LogP contribution in [0.15, 0.2) is 36.7 Å². The summed E-state index contributed by atoms with van der Waals surface area (Å²) in [6.07, 6.45) is 3.86. The summed E-state index contributed by atoms with van der Waals surface area (Å²) in [4.78, 5) is 26.3. The highest BCUT2D eigenvalue weighted by Gasteiger charge is 2.29. The van der Waals surface area contributed by atoms with Crippen molar-refractivity contribution in [1.82, 2.24) is 25.1 Å². The zero-order chi connectivity index (χ0) is 17.5. The van der Waals surface area contributed by atoms with E-state index in [1.165, 1.54) is 19.2 Å². The number of H-pyrrole nitrogens is 1. The lowest BCUT2D eigenvalue weighted by Gasteiger charge is -2.34. The van der Waals surface area contributed by atoms with Crippen LogP contribution in [0.3, 0.4) is 0 Å². The van der Waals surface area contributed by atoms with Crippen LogP contribution in [0.2, 0.25) is 0 Å². The molecule has 1 N–H and O–H groups in total. The fourth-order valence-corrected chi connectivity index (χ4v) is 3.60. The van der Waals surface area contributed by atoms with E-state index in [2.05, 4.69) is 20.1 Å². The second kappa shape index (κ2) is 6.09. The number of hydrogen-bond donors (Lipinski definition) is 1. The van der Waals surface area contributed by atoms with Crippen LogP contribution in [-0.2, 0) is 0 Å². The van der Waals surface area contributed by atoms with Gasteiger partial charge >= 0.3 is 0 Å². The highest BCUT2D eigenvalue weighted by molar-refractivity contribution is 6.06. The third-order valence-electron chi connectivity index (χ3n) is 5.23. The van der Waals surface area contributed by atoms with Crippen molar-refractivity contribution in [2.45, 2.75) is 18.8 Å². The van der Waals surface area contributed by atoms with E-state index in [1.54, 1.807) is 0 Å². The van der Waals surface area contributed by atoms with Crippen LogP contribution in [-0.4, -0.2) is 57.2 Å². The number of pyridine rings is 1. The molecule has 0 atom stereocenters. The van der Waals surface area contributed by atoms with E-state index in [1.807, 2.05) is 35.2 Å². The fourth-order valence-electron chi connectivity index (χ4n) is 3.60. The summed E-state index contributed by atoms with van der Waals surface area (Å²) in [6.45, 7) is 2.85. The van der Waals surface area contributed by atoms with Gasteiger partial charge in [0.15, 0.2) is 0 Å². The Hall–Kier alpha value is -2.96. The SMILES string of the molecule is O=C(c1cc(C2CC2)nc2ccccc12)N1CCN(c2ncn[nH]2)CC1. The van der Waals surface area contributed by atoms with Gasteiger partial charge in [-0.15, -0.1) is 0 Å². The maximum absolute atomic E-state index is 13.2. The Bertz CT molecular complexity index is 942. The molecule has 1 amide bonds. The number of aromatic amines is 1. The van der Waals surface area contributed by atoms with Crippen LogP contribution >= 0.6 is 0 Å². The smallest absolute Gasteiger partial charge is 0.254 e. The van der Waals surface area contributed by atoms with Crippen molar-refractivity contribution in [1.29, 1.82) is 0 Å². The second-order valence-corrected chi connectivity index (χ2v) is 6.97. The number of hydrogen-bond acceptors (Lipinski definition) is 5. The van der Waals surface area contributed by atoms with Gasteiger partial charge in [0.05, 0.1) is 11.1 Å². The number of anilines is 1. The van der Waals surface area contributed by atoms with E-state index in [0.29, 0.717) is 19.0 Å². The van der Waals surface area contributed by atoms with E-state index in [9.17, 15) is 4.79 Å². The van der Waals surface area contributed by atoms with Gasteiger partial charge in [-0.2, -0.15) is 10.1 Å². The lowest BCUT2D eigenvalue weighted by atomic mass is 10.0. The van der Waals surface area contributed by atoms with E-state index >= 15 is 0 Å². The molecule has 2 aromatic heterocycles. The van der Waals surface area contributed by atoms with Gasteiger partial charge in [0.25, 0.3) is 5.91 Å². The molecule has 0 bridgehead atoms. The Morgan fingerprint density at radius 1 is 1.12 bits per heavy atom. The summed E-state index contributed by atoms with van der Waals surface area (Å²) in [7, 11) is 0. The molecule has 0 spiro atoms. The van der Waals surface area contributed by atoms with Crippen molar-refractivity contribution >= 4 is 22.8 Å². The molecule has 3 heterocycles. The zero-order valence-corrected chi connectivity index (χ0v) is 14.4. The first-order valence-corrected chi connectivity index (χ1v) is 9.09. The normalized spacial score (nSPS) is 17.7. The molecule has 7 heteroatoms. The van der Waals surface area contributed by atoms with Gasteiger partial charge in [0.2, 0.25) is 5.95 Å². The maximum atomic E-state index is 13.2. The lowest BCUT2D eigenvalue weighted by Crippen LogP contribution is -2.49. The molecule has 1 saturated carbocycles. The number of nitrogens with zero attached hydrogens (tertiary/aromatic N) is 5. The minimum absolute atomic E-state index is 0.0997. The van der Waals surface area contributed by atoms with Gasteiger partial charge in [0, 0.05) is 43.2 Å². The average molecular weight is 348 g/mol. The van der Waals surface area contributed by atoms with Crippen LogP contribution in [0.4, 0.5) is 5.95 Å². The number of carbonyl (C=O) groups excluding carboxylic acids is 1. The Labute approximate surface area is 151 Å². The summed E-state index contributed by atoms with van der Waals surface area (Å²) in [5, 5.41) is 7.73. The third-order valence-corrected chi connectivity index (χ3v) is 5.23. The minimum atomic E-state index is 0.0997. The molecule has 5 rings (SSSR count). The molecule has 0 radical (unpaired) electrons. The quantitative estimate of drug-likeness (QED) is 0.785. The molecule has 1 saturated heterocycles. The first-order chi connectivity index (χ1) is 12.8. The van der Waals surface area contributed by atoms with Crippen molar-refractivity contribution < 1.29 is 4.79 Å². The number of benzene rings is 1. The molecule has 2 aliphatic rings. The molecule has 3 aromatic rings. The lowest BCUT2D eigenvalue weighted by molar-refractivity contribution is 0.0748. The molecule has 1 aromatic carbocycles. The Balaban J connectivity index is 1.42. The number of rotatable bonds is 3. The zero-order valence-electron chi connectivity index (χ0n) is 14.4. The van der Waals surface area contributed by atoms with Crippen molar-refractivity contribution in [2.75, 3.05) is 31.1 Å². The predicted octanol–water partition coefficient (Wildman–Crippen LogP) is 2.19. The summed E-state index contributed by atoms with van der Waals surface area (Å²) in [5.74, 6) is 1.39. The van der Waals surface area contributed by atoms with Gasteiger partial charge in [-0.05, 0) is 25.0 Å². The Morgan fingerprint density at radius 2 is 1.92 bits per heavy atom. The molecule has 0 unspecified atom stereocenters. The monoisotopic (exact) mass is 348 g/mol. The predicted molar refractivity (Wildman–Crippen MR) is 98.2 cm³/mol. The van der Waals surface area contributed by atoms with Crippen molar-refractivity contribution in [3.05, 3.63) is 47.9 Å². The summed E-state index contributed by atoms with van der Waals surface area (Å²) >= 11 is 0. The standard InChI is InChI=1S/C19H20N6O/c26-18(24-7-9-25(10-8-24)19-20-12-21-23-19)15-11-17(13-5-6-13)22-16-4-2-1-3-14(15)16/h1-4,11-13H,5-10H2,(H,20,21,23). The van der Waals surface area contributed by atoms with Crippen LogP contribution in [0, 0.1) is 0 Å². The molecule has 132 valence electrons. The summed E-state index contributed by atoms with van der Waals surface area (Å²) < 4.78 is 0.